The first kappa shape index (κ1) is 12.0. The van der Waals surface area contributed by atoms with Crippen LogP contribution >= 0.6 is 0 Å². The summed E-state index contributed by atoms with van der Waals surface area (Å²) in [6.07, 6.45) is 4.47. The van der Waals surface area contributed by atoms with Gasteiger partial charge in [-0.3, -0.25) is 0 Å². The van der Waals surface area contributed by atoms with Crippen LogP contribution in [0.1, 0.15) is 53.4 Å². The van der Waals surface area contributed by atoms with Gasteiger partial charge in [-0.25, -0.2) is 0 Å². The van der Waals surface area contributed by atoms with Crippen molar-refractivity contribution in [1.29, 1.82) is 0 Å². The highest BCUT2D eigenvalue weighted by Crippen LogP contribution is 2.61. The summed E-state index contributed by atoms with van der Waals surface area (Å²) in [7, 11) is 0. The summed E-state index contributed by atoms with van der Waals surface area (Å²) < 4.78 is 6.56. The Bertz CT molecular complexity index is 323. The minimum atomic E-state index is -0.169. The predicted octanol–water partition coefficient (Wildman–Crippen LogP) is 2.99. The van der Waals surface area contributed by atoms with Crippen molar-refractivity contribution < 1.29 is 9.84 Å². The normalized spacial score (nSPS) is 56.6. The van der Waals surface area contributed by atoms with E-state index in [1.54, 1.807) is 0 Å². The Hall–Kier alpha value is -0.0800. The number of hydrogen-bond acceptors (Lipinski definition) is 2. The second kappa shape index (κ2) is 3.48. The largest absolute Gasteiger partial charge is 0.393 e. The van der Waals surface area contributed by atoms with Gasteiger partial charge in [0.15, 0.2) is 0 Å². The zero-order valence-corrected chi connectivity index (χ0v) is 11.6. The van der Waals surface area contributed by atoms with E-state index in [0.29, 0.717) is 23.7 Å². The Morgan fingerprint density at radius 2 is 1.82 bits per heavy atom. The second-order valence-corrected chi connectivity index (χ2v) is 7.34. The van der Waals surface area contributed by atoms with Gasteiger partial charge in [0.25, 0.3) is 0 Å². The first-order valence-corrected chi connectivity index (χ1v) is 7.25. The molecule has 2 nitrogen and oxygen atoms in total. The summed E-state index contributed by atoms with van der Waals surface area (Å²) >= 11 is 0. The van der Waals surface area contributed by atoms with E-state index in [-0.39, 0.29) is 17.3 Å². The fraction of sp³-hybridized carbons (Fsp3) is 1.00. The van der Waals surface area contributed by atoms with E-state index in [1.165, 1.54) is 12.8 Å². The Morgan fingerprint density at radius 1 is 1.12 bits per heavy atom. The Balaban J connectivity index is 2.04. The topological polar surface area (TPSA) is 29.5 Å². The molecule has 2 saturated carbocycles. The van der Waals surface area contributed by atoms with Crippen LogP contribution < -0.4 is 0 Å². The lowest BCUT2D eigenvalue weighted by Gasteiger charge is -2.41. The molecule has 17 heavy (non-hydrogen) atoms. The van der Waals surface area contributed by atoms with Crippen molar-refractivity contribution in [2.75, 3.05) is 0 Å². The zero-order valence-electron chi connectivity index (χ0n) is 11.6. The molecular formula is C15H26O2. The van der Waals surface area contributed by atoms with E-state index in [2.05, 4.69) is 27.7 Å². The molecule has 1 aliphatic heterocycles. The molecule has 1 N–H and O–H groups in total. The van der Waals surface area contributed by atoms with Gasteiger partial charge in [0.1, 0.15) is 0 Å². The van der Waals surface area contributed by atoms with Crippen LogP contribution in [-0.4, -0.2) is 22.4 Å². The molecule has 0 unspecified atom stereocenters. The number of hydrogen-bond donors (Lipinski definition) is 1. The van der Waals surface area contributed by atoms with Crippen LogP contribution in [-0.2, 0) is 4.74 Å². The second-order valence-electron chi connectivity index (χ2n) is 7.34. The molecule has 2 aliphatic carbocycles. The highest BCUT2D eigenvalue weighted by atomic mass is 16.5. The van der Waals surface area contributed by atoms with Crippen molar-refractivity contribution in [2.24, 2.45) is 23.7 Å². The lowest BCUT2D eigenvalue weighted by Crippen LogP contribution is -2.45. The molecule has 0 aromatic heterocycles. The summed E-state index contributed by atoms with van der Waals surface area (Å²) in [5.74, 6) is 2.26. The van der Waals surface area contributed by atoms with Gasteiger partial charge < -0.3 is 9.84 Å². The minimum Gasteiger partial charge on any atom is -0.393 e. The van der Waals surface area contributed by atoms with Crippen molar-refractivity contribution in [2.45, 2.75) is 70.7 Å². The third kappa shape index (κ3) is 1.46. The Labute approximate surface area is 105 Å². The zero-order chi connectivity index (χ0) is 12.4. The quantitative estimate of drug-likeness (QED) is 0.703. The molecule has 2 bridgehead atoms. The molecule has 2 heteroatoms. The predicted molar refractivity (Wildman–Crippen MR) is 67.7 cm³/mol. The fourth-order valence-electron chi connectivity index (χ4n) is 5.08. The molecule has 1 heterocycles. The average molecular weight is 238 g/mol. The van der Waals surface area contributed by atoms with Gasteiger partial charge in [-0.15, -0.1) is 0 Å². The highest BCUT2D eigenvalue weighted by Gasteiger charge is 2.63. The molecule has 98 valence electrons. The summed E-state index contributed by atoms with van der Waals surface area (Å²) in [5, 5.41) is 10.4. The third-order valence-electron chi connectivity index (χ3n) is 6.02. The molecule has 3 rings (SSSR count). The lowest BCUT2D eigenvalue weighted by molar-refractivity contribution is -0.156. The molecule has 6 atom stereocenters. The summed E-state index contributed by atoms with van der Waals surface area (Å²) in [5.41, 5.74) is -0.0680. The number of fused-ring (bicyclic) bond motifs is 1. The van der Waals surface area contributed by atoms with Crippen LogP contribution in [0.25, 0.3) is 0 Å². The maximum Gasteiger partial charge on any atom is 0.0750 e. The maximum absolute atomic E-state index is 10.4. The number of aliphatic hydroxyl groups excluding tert-OH is 1. The summed E-state index contributed by atoms with van der Waals surface area (Å²) in [6, 6.07) is 0. The summed E-state index contributed by atoms with van der Waals surface area (Å²) in [4.78, 5) is 0. The molecule has 0 radical (unpaired) electrons. The molecule has 3 fully saturated rings. The smallest absolute Gasteiger partial charge is 0.0750 e. The van der Waals surface area contributed by atoms with Crippen LogP contribution in [0.4, 0.5) is 0 Å². The fourth-order valence-corrected chi connectivity index (χ4v) is 5.08. The van der Waals surface area contributed by atoms with Crippen LogP contribution in [0.3, 0.4) is 0 Å². The van der Waals surface area contributed by atoms with E-state index in [9.17, 15) is 5.11 Å². The van der Waals surface area contributed by atoms with Gasteiger partial charge in [0.05, 0.1) is 17.3 Å². The molecule has 0 aromatic rings. The van der Waals surface area contributed by atoms with Crippen LogP contribution in [0.15, 0.2) is 0 Å². The van der Waals surface area contributed by atoms with Crippen LogP contribution in [0.2, 0.25) is 0 Å². The Kier molecular flexibility index (Phi) is 2.45. The van der Waals surface area contributed by atoms with Crippen LogP contribution in [0, 0.1) is 23.7 Å². The van der Waals surface area contributed by atoms with Crippen molar-refractivity contribution in [3.8, 4) is 0 Å². The highest BCUT2D eigenvalue weighted by molar-refractivity contribution is 5.12. The van der Waals surface area contributed by atoms with Gasteiger partial charge in [-0.2, -0.15) is 0 Å². The summed E-state index contributed by atoms with van der Waals surface area (Å²) in [6.45, 7) is 9.01. The van der Waals surface area contributed by atoms with E-state index < -0.39 is 0 Å². The van der Waals surface area contributed by atoms with E-state index in [4.69, 9.17) is 4.74 Å². The molecule has 1 saturated heterocycles. The maximum atomic E-state index is 10.4. The molecule has 3 aliphatic rings. The lowest BCUT2D eigenvalue weighted by atomic mass is 9.77. The first-order valence-electron chi connectivity index (χ1n) is 7.25. The number of rotatable bonds is 0. The van der Waals surface area contributed by atoms with Gasteiger partial charge in [-0.05, 0) is 57.3 Å². The number of ether oxygens (including phenoxy) is 1. The molecule has 0 aromatic carbocycles. The third-order valence-corrected chi connectivity index (χ3v) is 6.02. The van der Waals surface area contributed by atoms with Crippen molar-refractivity contribution in [3.63, 3.8) is 0 Å². The van der Waals surface area contributed by atoms with Crippen molar-refractivity contribution >= 4 is 0 Å². The minimum absolute atomic E-state index is 0.0745. The van der Waals surface area contributed by atoms with Gasteiger partial charge in [0, 0.05) is 5.92 Å². The van der Waals surface area contributed by atoms with E-state index in [0.717, 1.165) is 12.8 Å². The molecule has 1 spiro atoms. The Morgan fingerprint density at radius 3 is 2.53 bits per heavy atom. The van der Waals surface area contributed by atoms with Gasteiger partial charge in [0.2, 0.25) is 0 Å². The monoisotopic (exact) mass is 238 g/mol. The van der Waals surface area contributed by atoms with E-state index in [1.807, 2.05) is 0 Å². The first-order chi connectivity index (χ1) is 7.87. The van der Waals surface area contributed by atoms with Gasteiger partial charge >= 0.3 is 0 Å². The van der Waals surface area contributed by atoms with Gasteiger partial charge in [-0.1, -0.05) is 13.8 Å². The van der Waals surface area contributed by atoms with E-state index >= 15 is 0 Å². The standard InChI is InChI=1S/C15H26O2/c1-9-7-13(16)12-8-15(17-14(12,3)4)10(2)5-6-11(9)15/h9-13,16H,5-8H2,1-4H3/t9-,10-,11+,12+,13+,15-/m0/s1. The average Bonchev–Trinajstić information content (AvgIpc) is 2.62. The molecule has 0 amide bonds. The SMILES string of the molecule is C[C@H]1C[C@@H](O)[C@H]2C[C@@]3(OC2(C)C)[C@@H]1CC[C@@H]3C. The molecular weight excluding hydrogens is 212 g/mol. The van der Waals surface area contributed by atoms with Crippen LogP contribution in [0.5, 0.6) is 0 Å². The van der Waals surface area contributed by atoms with Crippen molar-refractivity contribution in [1.82, 2.24) is 0 Å². The van der Waals surface area contributed by atoms with Crippen molar-refractivity contribution in [3.05, 3.63) is 0 Å². The number of aliphatic hydroxyl groups is 1.